The highest BCUT2D eigenvalue weighted by molar-refractivity contribution is 7.89. The van der Waals surface area contributed by atoms with E-state index in [2.05, 4.69) is 11.4 Å². The van der Waals surface area contributed by atoms with Gasteiger partial charge in [0.25, 0.3) is 0 Å². The van der Waals surface area contributed by atoms with Crippen LogP contribution in [0.15, 0.2) is 21.7 Å². The van der Waals surface area contributed by atoms with Crippen molar-refractivity contribution in [1.29, 1.82) is 5.26 Å². The lowest BCUT2D eigenvalue weighted by Crippen LogP contribution is -2.59. The maximum absolute atomic E-state index is 13.4. The second-order valence-corrected chi connectivity index (χ2v) is 12.6. The number of hydrogen-bond donors (Lipinski definition) is 1. The first-order valence-electron chi connectivity index (χ1n) is 11.5. The lowest BCUT2D eigenvalue weighted by molar-refractivity contribution is -0.138. The minimum absolute atomic E-state index is 0.118. The number of amides is 3. The van der Waals surface area contributed by atoms with E-state index in [1.807, 2.05) is 0 Å². The van der Waals surface area contributed by atoms with Crippen LogP contribution in [-0.4, -0.2) is 89.8 Å². The topological polar surface area (TPSA) is 140 Å². The van der Waals surface area contributed by atoms with E-state index in [0.29, 0.717) is 25.8 Å². The summed E-state index contributed by atoms with van der Waals surface area (Å²) >= 11 is 1.26. The molecule has 0 saturated carbocycles. The normalized spacial score (nSPS) is 25.5. The van der Waals surface area contributed by atoms with Crippen molar-refractivity contribution in [3.63, 3.8) is 0 Å². The van der Waals surface area contributed by atoms with E-state index in [1.165, 1.54) is 36.9 Å². The quantitative estimate of drug-likeness (QED) is 0.589. The molecular weight excluding hydrogens is 494 g/mol. The van der Waals surface area contributed by atoms with Crippen LogP contribution >= 0.6 is 11.3 Å². The molecule has 0 unspecified atom stereocenters. The molecule has 1 aromatic heterocycles. The largest absolute Gasteiger partial charge is 0.444 e. The minimum Gasteiger partial charge on any atom is -0.444 e. The fourth-order valence-corrected chi connectivity index (χ4v) is 7.49. The van der Waals surface area contributed by atoms with Crippen molar-refractivity contribution >= 4 is 39.3 Å². The number of thiophene rings is 1. The summed E-state index contributed by atoms with van der Waals surface area (Å²) in [7, 11) is -3.80. The van der Waals surface area contributed by atoms with Crippen molar-refractivity contribution in [2.75, 3.05) is 19.6 Å². The Morgan fingerprint density at radius 3 is 2.71 bits per heavy atom. The summed E-state index contributed by atoms with van der Waals surface area (Å²) in [5.74, 6) is -0.861. The van der Waals surface area contributed by atoms with Crippen LogP contribution in [0, 0.1) is 11.3 Å². The monoisotopic (exact) mass is 523 g/mol. The summed E-state index contributed by atoms with van der Waals surface area (Å²) in [5, 5.41) is 15.2. The fraction of sp³-hybridized carbons (Fsp3) is 0.636. The molecule has 190 valence electrons. The lowest BCUT2D eigenvalue weighted by Gasteiger charge is -2.36. The number of nitrogens with one attached hydrogen (secondary N) is 1. The van der Waals surface area contributed by atoms with E-state index in [1.54, 1.807) is 26.2 Å². The molecule has 0 radical (unpaired) electrons. The zero-order valence-corrected chi connectivity index (χ0v) is 21.5. The molecule has 3 amide bonds. The first-order chi connectivity index (χ1) is 16.4. The van der Waals surface area contributed by atoms with Crippen LogP contribution in [0.25, 0.3) is 0 Å². The molecule has 3 aliphatic rings. The standard InChI is InChI=1S/C22H29N5O6S2/c1-22(2,3)33-21(30)24-17(19(28)25-7-4-5-14(25)10-23)12-26-15-9-18(20(26)29)27(11-15)35(31,32)16-6-8-34-13-16/h6,8,13-15,17-18H,4-5,7,9,11-12H2,1-3H3,(H,24,30)/t14-,15+,17-,18+/m0/s1. The predicted molar refractivity (Wildman–Crippen MR) is 126 cm³/mol. The van der Waals surface area contributed by atoms with Crippen LogP contribution in [0.5, 0.6) is 0 Å². The zero-order chi connectivity index (χ0) is 25.5. The number of ether oxygens (including phenoxy) is 1. The minimum atomic E-state index is -3.80. The highest BCUT2D eigenvalue weighted by atomic mass is 32.2. The fourth-order valence-electron chi connectivity index (χ4n) is 4.84. The number of rotatable bonds is 6. The van der Waals surface area contributed by atoms with Gasteiger partial charge in [0.05, 0.1) is 17.5 Å². The Kier molecular flexibility index (Phi) is 6.82. The second-order valence-electron chi connectivity index (χ2n) is 9.95. The van der Waals surface area contributed by atoms with Crippen LogP contribution in [0.4, 0.5) is 4.79 Å². The number of carbonyl (C=O) groups is 3. The Labute approximate surface area is 208 Å². The van der Waals surface area contributed by atoms with Crippen molar-refractivity contribution in [2.45, 2.75) is 74.7 Å². The Balaban J connectivity index is 1.51. The van der Waals surface area contributed by atoms with Crippen molar-refractivity contribution in [2.24, 2.45) is 0 Å². The van der Waals surface area contributed by atoms with Gasteiger partial charge in [-0.3, -0.25) is 9.59 Å². The molecular formula is C22H29N5O6S2. The number of nitrogens with zero attached hydrogens (tertiary/aromatic N) is 4. The summed E-state index contributed by atoms with van der Waals surface area (Å²) < 4.78 is 32.5. The van der Waals surface area contributed by atoms with Crippen molar-refractivity contribution < 1.29 is 27.5 Å². The Morgan fingerprint density at radius 2 is 2.11 bits per heavy atom. The molecule has 35 heavy (non-hydrogen) atoms. The van der Waals surface area contributed by atoms with Crippen LogP contribution in [0.3, 0.4) is 0 Å². The smallest absolute Gasteiger partial charge is 0.408 e. The lowest BCUT2D eigenvalue weighted by atomic mass is 10.1. The number of sulfonamides is 1. The van der Waals surface area contributed by atoms with E-state index in [-0.39, 0.29) is 18.0 Å². The molecule has 3 saturated heterocycles. The van der Waals surface area contributed by atoms with Crippen LogP contribution in [0.1, 0.15) is 40.0 Å². The van der Waals surface area contributed by atoms with Crippen LogP contribution in [0.2, 0.25) is 0 Å². The number of piperazine rings is 1. The van der Waals surface area contributed by atoms with Crippen molar-refractivity contribution in [1.82, 2.24) is 19.4 Å². The van der Waals surface area contributed by atoms with Gasteiger partial charge in [-0.25, -0.2) is 13.2 Å². The maximum atomic E-state index is 13.4. The van der Waals surface area contributed by atoms with Gasteiger partial charge in [0.15, 0.2) is 0 Å². The number of fused-ring (bicyclic) bond motifs is 2. The van der Waals surface area contributed by atoms with Gasteiger partial charge in [-0.2, -0.15) is 20.9 Å². The number of likely N-dealkylation sites (tertiary alicyclic amines) is 2. The molecule has 1 N–H and O–H groups in total. The third-order valence-electron chi connectivity index (χ3n) is 6.40. The SMILES string of the molecule is CC(C)(C)OC(=O)N[C@@H](CN1C(=O)[C@H]2C[C@@H]1CN2S(=O)(=O)c1ccsc1)C(=O)N1CCC[C@H]1C#N. The van der Waals surface area contributed by atoms with Gasteiger partial charge >= 0.3 is 6.09 Å². The Bertz CT molecular complexity index is 1140. The molecule has 2 bridgehead atoms. The van der Waals surface area contributed by atoms with Crippen molar-refractivity contribution in [3.8, 4) is 6.07 Å². The van der Waals surface area contributed by atoms with E-state index >= 15 is 0 Å². The number of carbonyl (C=O) groups excluding carboxylic acids is 3. The van der Waals surface area contributed by atoms with Crippen LogP contribution in [-0.2, 0) is 24.3 Å². The van der Waals surface area contributed by atoms with E-state index in [9.17, 15) is 28.1 Å². The summed E-state index contributed by atoms with van der Waals surface area (Å²) in [5.41, 5.74) is -0.792. The molecule has 3 fully saturated rings. The molecule has 4 heterocycles. The van der Waals surface area contributed by atoms with Crippen LogP contribution < -0.4 is 5.32 Å². The highest BCUT2D eigenvalue weighted by Gasteiger charge is 2.54. The summed E-state index contributed by atoms with van der Waals surface area (Å²) in [6.45, 7) is 5.46. The van der Waals surface area contributed by atoms with Gasteiger partial charge in [-0.05, 0) is 51.5 Å². The zero-order valence-electron chi connectivity index (χ0n) is 19.8. The van der Waals surface area contributed by atoms with E-state index < -0.39 is 57.7 Å². The first-order valence-corrected chi connectivity index (χ1v) is 13.8. The Morgan fingerprint density at radius 1 is 1.37 bits per heavy atom. The van der Waals surface area contributed by atoms with Gasteiger partial charge in [0.2, 0.25) is 21.8 Å². The molecule has 0 aromatic carbocycles. The average molecular weight is 524 g/mol. The molecule has 11 nitrogen and oxygen atoms in total. The average Bonchev–Trinajstić information content (AvgIpc) is 3.56. The second kappa shape index (κ2) is 9.40. The van der Waals surface area contributed by atoms with Gasteiger partial charge in [-0.1, -0.05) is 0 Å². The molecule has 4 atom stereocenters. The molecule has 4 rings (SSSR count). The summed E-state index contributed by atoms with van der Waals surface area (Å²) in [6.07, 6.45) is 0.734. The van der Waals surface area contributed by atoms with Gasteiger partial charge in [0.1, 0.15) is 23.7 Å². The van der Waals surface area contributed by atoms with E-state index in [0.717, 1.165) is 0 Å². The molecule has 0 aliphatic carbocycles. The summed E-state index contributed by atoms with van der Waals surface area (Å²) in [4.78, 5) is 42.1. The van der Waals surface area contributed by atoms with Gasteiger partial charge < -0.3 is 19.9 Å². The van der Waals surface area contributed by atoms with Crippen molar-refractivity contribution in [3.05, 3.63) is 16.8 Å². The number of hydrogen-bond acceptors (Lipinski definition) is 8. The summed E-state index contributed by atoms with van der Waals surface area (Å²) in [6, 6.07) is 0.646. The maximum Gasteiger partial charge on any atom is 0.408 e. The molecule has 1 aromatic rings. The molecule has 3 aliphatic heterocycles. The van der Waals surface area contributed by atoms with Gasteiger partial charge in [0, 0.05) is 24.5 Å². The Hall–Kier alpha value is -2.69. The predicted octanol–water partition coefficient (Wildman–Crippen LogP) is 1.13. The van der Waals surface area contributed by atoms with E-state index in [4.69, 9.17) is 4.74 Å². The molecule has 13 heteroatoms. The molecule has 0 spiro atoms. The third-order valence-corrected chi connectivity index (χ3v) is 9.10. The number of nitriles is 1. The third kappa shape index (κ3) is 5.00. The number of alkyl carbamates (subject to hydrolysis) is 1. The van der Waals surface area contributed by atoms with Gasteiger partial charge in [-0.15, -0.1) is 0 Å². The first kappa shape index (κ1) is 25.4. The highest BCUT2D eigenvalue weighted by Crippen LogP contribution is 2.36.